The molecule has 272 valence electrons. The summed E-state index contributed by atoms with van der Waals surface area (Å²) < 4.78 is 0. The molecule has 3 fully saturated rings. The molecule has 17 heteroatoms. The fourth-order valence-electron chi connectivity index (χ4n) is 6.56. The van der Waals surface area contributed by atoms with Gasteiger partial charge < -0.3 is 32.5 Å². The fourth-order valence-corrected chi connectivity index (χ4v) is 6.56. The van der Waals surface area contributed by atoms with E-state index in [-0.39, 0.29) is 84.2 Å². The molecule has 0 radical (unpaired) electrons. The zero-order valence-corrected chi connectivity index (χ0v) is 39.7. The third-order valence-electron chi connectivity index (χ3n) is 8.74. The minimum atomic E-state index is -0.826. The van der Waals surface area contributed by atoms with Crippen LogP contribution in [0.25, 0.3) is 0 Å². The summed E-state index contributed by atoms with van der Waals surface area (Å²) in [7, 11) is 0. The van der Waals surface area contributed by atoms with Crippen molar-refractivity contribution in [3.05, 3.63) is 0 Å². The van der Waals surface area contributed by atoms with Gasteiger partial charge in [-0.2, -0.15) is 0 Å². The van der Waals surface area contributed by atoms with Gasteiger partial charge in [-0.25, -0.2) is 0 Å². The van der Waals surface area contributed by atoms with E-state index in [4.69, 9.17) is 32.5 Å². The Bertz CT molecular complexity index is 745. The van der Waals surface area contributed by atoms with Crippen molar-refractivity contribution in [3.63, 3.8) is 0 Å². The maximum atomic E-state index is 10.9. The quantitative estimate of drug-likeness (QED) is 0.150. The summed E-state index contributed by atoms with van der Waals surface area (Å²) in [5, 5.41) is 26.2. The second kappa shape index (κ2) is 32.4. The molecule has 3 rings (SSSR count). The predicted octanol–water partition coefficient (Wildman–Crippen LogP) is 5.61. The summed E-state index contributed by atoms with van der Waals surface area (Å²) in [5.41, 5.74) is 15.9. The summed E-state index contributed by atoms with van der Waals surface area (Å²) in [6, 6.07) is 0. The Morgan fingerprint density at radius 2 is 0.778 bits per heavy atom. The van der Waals surface area contributed by atoms with Crippen LogP contribution in [0, 0.1) is 16.2 Å². The summed E-state index contributed by atoms with van der Waals surface area (Å²) >= 11 is 9.54. The van der Waals surface area contributed by atoms with Crippen molar-refractivity contribution in [1.82, 2.24) is 0 Å². The number of carboxylic acid groups (broad SMARTS) is 3. The number of carbonyl (C=O) groups is 4. The van der Waals surface area contributed by atoms with Gasteiger partial charge in [-0.15, -0.1) is 36.4 Å². The molecule has 1 amide bonds. The zero-order valence-electron chi connectivity index (χ0n) is 25.8. The molecule has 0 saturated heterocycles. The predicted molar refractivity (Wildman–Crippen MR) is 224 cm³/mol. The number of nitrogens with two attached hydrogens (primary N) is 3. The van der Waals surface area contributed by atoms with Crippen molar-refractivity contribution in [2.45, 2.75) is 122 Å². The number of rotatable bonds is 10. The van der Waals surface area contributed by atoms with Crippen molar-refractivity contribution in [1.29, 1.82) is 0 Å². The van der Waals surface area contributed by atoms with Crippen LogP contribution in [0.5, 0.6) is 0 Å². The van der Waals surface area contributed by atoms with E-state index >= 15 is 0 Å². The molecular formula is C28H53ClI6N3O7-. The normalized spacial score (nSPS) is 18.7. The van der Waals surface area contributed by atoms with Gasteiger partial charge in [-0.3, -0.25) is 19.2 Å². The van der Waals surface area contributed by atoms with Crippen LogP contribution in [0.3, 0.4) is 0 Å². The monoisotopic (exact) mass is 1340 g/mol. The van der Waals surface area contributed by atoms with Crippen LogP contribution < -0.4 is 30.5 Å². The minimum absolute atomic E-state index is 0. The number of hydrogen-bond acceptors (Lipinski definition) is 6. The number of hydrogen-bond donors (Lipinski definition) is 6. The van der Waals surface area contributed by atoms with Gasteiger partial charge in [0.15, 0.2) is 0 Å². The van der Waals surface area contributed by atoms with Crippen LogP contribution >= 0.6 is 111 Å². The van der Waals surface area contributed by atoms with Crippen molar-refractivity contribution in [3.8, 4) is 0 Å². The molecule has 0 aliphatic heterocycles. The summed E-state index contributed by atoms with van der Waals surface area (Å²) in [4.78, 5) is 42.7. The molecule has 10 nitrogen and oxygen atoms in total. The molecule has 45 heavy (non-hydrogen) atoms. The summed E-state index contributed by atoms with van der Waals surface area (Å²) in [6.07, 6.45) is 16.7. The first-order valence-electron chi connectivity index (χ1n) is 14.7. The Hall–Kier alpha value is 2.47. The van der Waals surface area contributed by atoms with Crippen molar-refractivity contribution < 1.29 is 47.8 Å². The van der Waals surface area contributed by atoms with Crippen LogP contribution in [0.1, 0.15) is 122 Å². The second-order valence-corrected chi connectivity index (χ2v) is 28.2. The topological polar surface area (TPSA) is 207 Å². The van der Waals surface area contributed by atoms with E-state index in [0.717, 1.165) is 83.5 Å². The van der Waals surface area contributed by atoms with Gasteiger partial charge >= 0.3 is 68.4 Å². The second-order valence-electron chi connectivity index (χ2n) is 12.0. The first-order chi connectivity index (χ1) is 20.3. The molecule has 0 spiro atoms. The van der Waals surface area contributed by atoms with Crippen LogP contribution in [0.4, 0.5) is 0 Å². The average Bonchev–Trinajstić information content (AvgIpc) is 2.95. The van der Waals surface area contributed by atoms with Gasteiger partial charge in [0.25, 0.3) is 0 Å². The molecule has 0 bridgehead atoms. The number of carboxylic acids is 3. The van der Waals surface area contributed by atoms with E-state index in [0.29, 0.717) is 26.3 Å². The summed E-state index contributed by atoms with van der Waals surface area (Å²) in [6.45, 7) is 1.05. The van der Waals surface area contributed by atoms with Crippen LogP contribution in [-0.4, -0.2) is 52.2 Å². The molecule has 0 aromatic carbocycles. The molecule has 3 aliphatic rings. The third-order valence-corrected chi connectivity index (χ3v) is 8.74. The van der Waals surface area contributed by atoms with Gasteiger partial charge in [0.05, 0.1) is 19.3 Å². The molecule has 0 heterocycles. The maximum Gasteiger partial charge on any atom is 0.303 e. The smallest absolute Gasteiger partial charge is 0.303 e. The van der Waals surface area contributed by atoms with Crippen LogP contribution in [0.15, 0.2) is 0 Å². The number of primary amides is 1. The van der Waals surface area contributed by atoms with E-state index in [2.05, 4.69) is 74.5 Å². The fraction of sp³-hybridized carbons (Fsp3) is 0.857. The van der Waals surface area contributed by atoms with E-state index in [1.807, 2.05) is 0 Å². The number of halogens is 7. The Kier molecular flexibility index (Phi) is 39.0. The van der Waals surface area contributed by atoms with E-state index in [1.54, 1.807) is 0 Å². The van der Waals surface area contributed by atoms with E-state index in [1.165, 1.54) is 12.8 Å². The van der Waals surface area contributed by atoms with Gasteiger partial charge in [-0.1, -0.05) is 57.8 Å². The van der Waals surface area contributed by atoms with Gasteiger partial charge in [-0.05, 0) is 67.9 Å². The Morgan fingerprint density at radius 1 is 0.556 bits per heavy atom. The van der Waals surface area contributed by atoms with Crippen LogP contribution in [0.2, 0.25) is 0 Å². The zero-order chi connectivity index (χ0) is 33.4. The van der Waals surface area contributed by atoms with E-state index in [9.17, 15) is 19.2 Å². The average molecular weight is 1340 g/mol. The molecular weight excluding hydrogens is 1290 g/mol. The van der Waals surface area contributed by atoms with Gasteiger partial charge in [0.2, 0.25) is 5.91 Å². The molecule has 0 unspecified atom stereocenters. The Labute approximate surface area is 345 Å². The number of aliphatic carboxylic acids is 3. The standard InChI is InChI=1S/C10H17NO3.2C9H17NO2.ClH.I3.I2.HI/c11-8(12)6-10(7-9(13)14)4-2-1-3-5-10;2*10-7-9(6-8(11)12)4-2-1-3-5-9;;1-3-2;1-2;/h1-7H2,(H2,11,12)(H,13,14);2*1-7,10H2,(H,11,12);1H;;;1H/q;;;;-1;;. The number of carbonyl (C=O) groups excluding carboxylic acids is 1. The molecule has 3 aliphatic carbocycles. The molecule has 3 saturated carbocycles. The summed E-state index contributed by atoms with van der Waals surface area (Å²) in [5.74, 6) is -2.62. The maximum absolute atomic E-state index is 10.9. The molecule has 0 aromatic heterocycles. The van der Waals surface area contributed by atoms with Crippen LogP contribution in [-0.2, 0) is 19.2 Å². The van der Waals surface area contributed by atoms with Crippen molar-refractivity contribution >= 4 is 135 Å². The first-order valence-corrected chi connectivity index (χ1v) is 33.5. The first kappa shape index (κ1) is 54.2. The largest absolute Gasteiger partial charge is 0.481 e. The van der Waals surface area contributed by atoms with Gasteiger partial charge in [0, 0.05) is 43.7 Å². The Morgan fingerprint density at radius 3 is 0.978 bits per heavy atom. The minimum Gasteiger partial charge on any atom is -0.481 e. The molecule has 0 aromatic rings. The van der Waals surface area contributed by atoms with Crippen molar-refractivity contribution in [2.75, 3.05) is 13.1 Å². The van der Waals surface area contributed by atoms with E-state index < -0.39 is 17.9 Å². The Balaban J connectivity index is -0.000000256. The molecule has 9 N–H and O–H groups in total. The SMILES string of the molecule is Cl.I.II.I[I-]I.NC(=O)CC1(CC(=O)O)CCCCC1.NCC1(CC(=O)O)CCCCC1.NCC1(CC(=O)O)CCCCC1. The van der Waals surface area contributed by atoms with Crippen molar-refractivity contribution in [2.24, 2.45) is 33.4 Å². The van der Waals surface area contributed by atoms with Gasteiger partial charge in [0.1, 0.15) is 0 Å². The number of amides is 1. The third kappa shape index (κ3) is 26.9. The molecule has 0 atom stereocenters.